The molecule has 3 N–H and O–H groups in total. The zero-order valence-electron chi connectivity index (χ0n) is 18.5. The van der Waals surface area contributed by atoms with Crippen molar-refractivity contribution in [3.05, 3.63) is 109 Å². The van der Waals surface area contributed by atoms with E-state index in [0.717, 1.165) is 21.7 Å². The number of aromatic nitrogens is 3. The molecule has 0 unspecified atom stereocenters. The van der Waals surface area contributed by atoms with E-state index in [-0.39, 0.29) is 17.2 Å². The molecule has 34 heavy (non-hydrogen) atoms. The lowest BCUT2D eigenvalue weighted by atomic mass is 10.1. The maximum atomic E-state index is 9.43. The van der Waals surface area contributed by atoms with E-state index in [0.29, 0.717) is 16.6 Å². The number of para-hydroxylation sites is 3. The summed E-state index contributed by atoms with van der Waals surface area (Å²) in [5, 5.41) is 31.0. The summed E-state index contributed by atoms with van der Waals surface area (Å²) in [6.45, 7) is 2.00. The molecular weight excluding hydrogens is 426 g/mol. The molecule has 0 aliphatic heterocycles. The van der Waals surface area contributed by atoms with Crippen molar-refractivity contribution >= 4 is 32.7 Å². The fraction of sp³-hybridized carbons (Fsp3) is 0.0357. The van der Waals surface area contributed by atoms with Crippen molar-refractivity contribution < 1.29 is 15.3 Å². The number of phenols is 3. The number of pyridine rings is 3. The number of aryl methyl sites for hydroxylation is 1. The van der Waals surface area contributed by atoms with Gasteiger partial charge in [0.1, 0.15) is 33.8 Å². The molecule has 0 saturated carbocycles. The van der Waals surface area contributed by atoms with Crippen molar-refractivity contribution in [2.75, 3.05) is 0 Å². The lowest BCUT2D eigenvalue weighted by Gasteiger charge is -2.01. The number of nitrogens with zero attached hydrogens (tertiary/aromatic N) is 3. The van der Waals surface area contributed by atoms with E-state index in [4.69, 9.17) is 0 Å². The second-order valence-electron chi connectivity index (χ2n) is 7.51. The Labute approximate surface area is 196 Å². The number of aromatic hydroxyl groups is 3. The Hall–Kier alpha value is -4.71. The third kappa shape index (κ3) is 5.02. The Morgan fingerprint density at radius 2 is 0.912 bits per heavy atom. The number of phenolic OH excluding ortho intramolecular Hbond substituents is 3. The van der Waals surface area contributed by atoms with Gasteiger partial charge >= 0.3 is 0 Å². The Morgan fingerprint density at radius 3 is 1.41 bits per heavy atom. The number of rotatable bonds is 0. The van der Waals surface area contributed by atoms with Gasteiger partial charge in [-0.3, -0.25) is 15.0 Å². The van der Waals surface area contributed by atoms with Crippen LogP contribution in [-0.2, 0) is 0 Å². The highest BCUT2D eigenvalue weighted by Gasteiger charge is 2.01. The van der Waals surface area contributed by atoms with Gasteiger partial charge in [-0.1, -0.05) is 48.5 Å². The number of benzene rings is 3. The van der Waals surface area contributed by atoms with Gasteiger partial charge < -0.3 is 15.3 Å². The van der Waals surface area contributed by atoms with Crippen LogP contribution in [0.5, 0.6) is 17.2 Å². The average Bonchev–Trinajstić information content (AvgIpc) is 2.87. The highest BCUT2D eigenvalue weighted by molar-refractivity contribution is 5.86. The normalized spacial score (nSPS) is 10.3. The summed E-state index contributed by atoms with van der Waals surface area (Å²) in [5.74, 6) is 0.724. The van der Waals surface area contributed by atoms with E-state index in [2.05, 4.69) is 15.0 Å². The summed E-state index contributed by atoms with van der Waals surface area (Å²) < 4.78 is 0. The first-order valence-electron chi connectivity index (χ1n) is 10.6. The fourth-order valence-electron chi connectivity index (χ4n) is 3.47. The van der Waals surface area contributed by atoms with E-state index < -0.39 is 0 Å². The molecule has 6 heteroatoms. The van der Waals surface area contributed by atoms with Gasteiger partial charge in [-0.05, 0) is 48.9 Å². The first-order valence-corrected chi connectivity index (χ1v) is 10.6. The van der Waals surface area contributed by atoms with Gasteiger partial charge in [-0.25, -0.2) is 0 Å². The summed E-state index contributed by atoms with van der Waals surface area (Å²) in [5.41, 5.74) is 3.14. The summed E-state index contributed by atoms with van der Waals surface area (Å²) in [6, 6.07) is 25.6. The van der Waals surface area contributed by atoms with Crippen LogP contribution in [0.3, 0.4) is 0 Å². The lowest BCUT2D eigenvalue weighted by Crippen LogP contribution is -1.81. The Bertz CT molecular complexity index is 1440. The van der Waals surface area contributed by atoms with E-state index >= 15 is 0 Å². The van der Waals surface area contributed by atoms with Crippen LogP contribution >= 0.6 is 0 Å². The molecule has 6 aromatic rings. The maximum absolute atomic E-state index is 9.43. The molecule has 3 aromatic carbocycles. The number of hydrogen-bond acceptors (Lipinski definition) is 6. The van der Waals surface area contributed by atoms with Crippen LogP contribution in [-0.4, -0.2) is 30.3 Å². The molecule has 0 aliphatic rings. The summed E-state index contributed by atoms with van der Waals surface area (Å²) in [7, 11) is 0. The van der Waals surface area contributed by atoms with Crippen molar-refractivity contribution in [1.29, 1.82) is 0 Å². The standard InChI is InChI=1S/C10H9NO.2C9H7NO/c1-7-5-6-11-10-8(7)3-2-4-9(10)12;2*11-8-5-1-3-7-4-2-6-10-9(7)8/h2-6,12H,1H3;2*1-6,11H. The highest BCUT2D eigenvalue weighted by atomic mass is 16.3. The molecule has 168 valence electrons. The molecule has 0 bridgehead atoms. The van der Waals surface area contributed by atoms with Gasteiger partial charge in [0.15, 0.2) is 0 Å². The summed E-state index contributed by atoms with van der Waals surface area (Å²) in [4.78, 5) is 12.2. The van der Waals surface area contributed by atoms with Crippen LogP contribution in [0, 0.1) is 6.92 Å². The van der Waals surface area contributed by atoms with Crippen LogP contribution in [0.4, 0.5) is 0 Å². The first kappa shape index (κ1) is 22.5. The molecule has 0 saturated heterocycles. The van der Waals surface area contributed by atoms with Crippen LogP contribution < -0.4 is 0 Å². The van der Waals surface area contributed by atoms with Gasteiger partial charge in [0.05, 0.1) is 0 Å². The second-order valence-corrected chi connectivity index (χ2v) is 7.51. The van der Waals surface area contributed by atoms with Gasteiger partial charge in [-0.2, -0.15) is 0 Å². The largest absolute Gasteiger partial charge is 0.506 e. The molecule has 0 aliphatic carbocycles. The summed E-state index contributed by atoms with van der Waals surface area (Å²) in [6.07, 6.45) is 5.04. The number of fused-ring (bicyclic) bond motifs is 3. The molecular formula is C28H23N3O3. The Kier molecular flexibility index (Phi) is 6.79. The fourth-order valence-corrected chi connectivity index (χ4v) is 3.47. The molecule has 0 spiro atoms. The zero-order valence-corrected chi connectivity index (χ0v) is 18.5. The smallest absolute Gasteiger partial charge is 0.141 e. The molecule has 0 amide bonds. The van der Waals surface area contributed by atoms with E-state index in [9.17, 15) is 15.3 Å². The zero-order chi connectivity index (χ0) is 23.9. The highest BCUT2D eigenvalue weighted by Crippen LogP contribution is 2.24. The predicted molar refractivity (Wildman–Crippen MR) is 135 cm³/mol. The molecule has 0 fully saturated rings. The van der Waals surface area contributed by atoms with Gasteiger partial charge in [0, 0.05) is 34.7 Å². The first-order chi connectivity index (χ1) is 16.5. The van der Waals surface area contributed by atoms with Gasteiger partial charge in [0.2, 0.25) is 0 Å². The maximum Gasteiger partial charge on any atom is 0.141 e. The van der Waals surface area contributed by atoms with Crippen molar-refractivity contribution in [3.63, 3.8) is 0 Å². The second kappa shape index (κ2) is 10.3. The van der Waals surface area contributed by atoms with Crippen LogP contribution in [0.2, 0.25) is 0 Å². The Morgan fingerprint density at radius 1 is 0.471 bits per heavy atom. The average molecular weight is 450 g/mol. The molecule has 6 nitrogen and oxygen atoms in total. The lowest BCUT2D eigenvalue weighted by molar-refractivity contribution is 0.480. The third-order valence-electron chi connectivity index (χ3n) is 5.19. The van der Waals surface area contributed by atoms with Crippen LogP contribution in [0.1, 0.15) is 5.56 Å². The van der Waals surface area contributed by atoms with Crippen molar-refractivity contribution in [2.45, 2.75) is 6.92 Å². The topological polar surface area (TPSA) is 99.4 Å². The monoisotopic (exact) mass is 449 g/mol. The molecule has 3 heterocycles. The third-order valence-corrected chi connectivity index (χ3v) is 5.19. The van der Waals surface area contributed by atoms with Gasteiger partial charge in [-0.15, -0.1) is 0 Å². The van der Waals surface area contributed by atoms with Crippen LogP contribution in [0.25, 0.3) is 32.7 Å². The van der Waals surface area contributed by atoms with E-state index in [1.165, 1.54) is 0 Å². The van der Waals surface area contributed by atoms with Crippen molar-refractivity contribution in [2.24, 2.45) is 0 Å². The Balaban J connectivity index is 0.000000121. The number of hydrogen-bond donors (Lipinski definition) is 3. The summed E-state index contributed by atoms with van der Waals surface area (Å²) >= 11 is 0. The van der Waals surface area contributed by atoms with E-state index in [1.807, 2.05) is 61.5 Å². The minimum atomic E-state index is 0.239. The quantitative estimate of drug-likeness (QED) is 0.258. The molecule has 6 rings (SSSR count). The van der Waals surface area contributed by atoms with Gasteiger partial charge in [0.25, 0.3) is 0 Å². The molecule has 3 aromatic heterocycles. The minimum Gasteiger partial charge on any atom is -0.506 e. The molecule has 0 radical (unpaired) electrons. The predicted octanol–water partition coefficient (Wildman–Crippen LogP) is 6.13. The van der Waals surface area contributed by atoms with E-state index in [1.54, 1.807) is 48.9 Å². The van der Waals surface area contributed by atoms with Crippen molar-refractivity contribution in [3.8, 4) is 17.2 Å². The van der Waals surface area contributed by atoms with Crippen molar-refractivity contribution in [1.82, 2.24) is 15.0 Å². The van der Waals surface area contributed by atoms with Crippen LogP contribution in [0.15, 0.2) is 104 Å². The SMILES string of the molecule is Cc1ccnc2c(O)cccc12.Oc1cccc2cccnc12.Oc1cccc2cccnc12. The minimum absolute atomic E-state index is 0.239. The molecule has 0 atom stereocenters.